The maximum atomic E-state index is 13.1. The average molecular weight is 399 g/mol. The first-order chi connectivity index (χ1) is 14.7. The third-order valence-corrected chi connectivity index (χ3v) is 5.09. The van der Waals surface area contributed by atoms with Crippen LogP contribution in [0, 0.1) is 0 Å². The lowest BCUT2D eigenvalue weighted by molar-refractivity contribution is 0.777. The Labute approximate surface area is 175 Å². The van der Waals surface area contributed by atoms with E-state index in [1.165, 1.54) is 5.69 Å². The molecule has 0 unspecified atom stereocenters. The molecule has 0 fully saturated rings. The van der Waals surface area contributed by atoms with Crippen LogP contribution in [-0.4, -0.2) is 34.7 Å². The molecular formula is C24H25N5O. The van der Waals surface area contributed by atoms with Crippen molar-refractivity contribution in [1.82, 2.24) is 14.5 Å². The molecular weight excluding hydrogens is 374 g/mol. The lowest BCUT2D eigenvalue weighted by Gasteiger charge is -2.19. The molecule has 0 atom stereocenters. The second kappa shape index (κ2) is 9.22. The van der Waals surface area contributed by atoms with Crippen LogP contribution in [0.4, 0.5) is 11.5 Å². The Morgan fingerprint density at radius 1 is 1.00 bits per heavy atom. The van der Waals surface area contributed by atoms with Crippen molar-refractivity contribution in [2.24, 2.45) is 0 Å². The summed E-state index contributed by atoms with van der Waals surface area (Å²) in [6.07, 6.45) is 4.29. The third kappa shape index (κ3) is 4.49. The highest BCUT2D eigenvalue weighted by atomic mass is 16.1. The summed E-state index contributed by atoms with van der Waals surface area (Å²) >= 11 is 0. The predicted molar refractivity (Wildman–Crippen MR) is 122 cm³/mol. The highest BCUT2D eigenvalue weighted by Gasteiger charge is 2.11. The summed E-state index contributed by atoms with van der Waals surface area (Å²) < 4.78 is 1.74. The molecule has 6 heteroatoms. The smallest absolute Gasteiger partial charge is 0.294 e. The summed E-state index contributed by atoms with van der Waals surface area (Å²) in [6, 6.07) is 22.1. The normalized spacial score (nSPS) is 10.8. The van der Waals surface area contributed by atoms with E-state index in [0.717, 1.165) is 29.6 Å². The molecule has 152 valence electrons. The fourth-order valence-corrected chi connectivity index (χ4v) is 3.46. The topological polar surface area (TPSA) is 63.0 Å². The Kier molecular flexibility index (Phi) is 6.03. The zero-order valence-corrected chi connectivity index (χ0v) is 17.0. The zero-order chi connectivity index (χ0) is 20.8. The van der Waals surface area contributed by atoms with Crippen LogP contribution in [-0.2, 0) is 6.54 Å². The summed E-state index contributed by atoms with van der Waals surface area (Å²) in [5.74, 6) is 0.381. The van der Waals surface area contributed by atoms with Gasteiger partial charge < -0.3 is 10.2 Å². The van der Waals surface area contributed by atoms with E-state index in [4.69, 9.17) is 0 Å². The summed E-state index contributed by atoms with van der Waals surface area (Å²) in [4.78, 5) is 24.1. The molecule has 0 spiro atoms. The fourth-order valence-electron chi connectivity index (χ4n) is 3.46. The van der Waals surface area contributed by atoms with Crippen LogP contribution in [0.1, 0.15) is 12.0 Å². The Bertz CT molecular complexity index is 1160. The van der Waals surface area contributed by atoms with Gasteiger partial charge in [0.1, 0.15) is 0 Å². The summed E-state index contributed by atoms with van der Waals surface area (Å²) in [7, 11) is 2.07. The van der Waals surface area contributed by atoms with E-state index in [1.54, 1.807) is 17.0 Å². The highest BCUT2D eigenvalue weighted by molar-refractivity contribution is 5.75. The monoisotopic (exact) mass is 399 g/mol. The van der Waals surface area contributed by atoms with Gasteiger partial charge in [-0.3, -0.25) is 14.3 Å². The fraction of sp³-hybridized carbons (Fsp3) is 0.208. The number of pyridine rings is 1. The standard InChI is InChI=1S/C24H25N5O/c1-28(20-11-6-3-7-12-20)16-8-14-26-23-24(30)29(18-19-9-4-2-5-10-19)22-17-25-15-13-21(22)27-23/h2-7,9-13,15,17H,8,14,16,18H2,1H3,(H,26,27). The first-order valence-corrected chi connectivity index (χ1v) is 10.1. The number of anilines is 2. The van der Waals surface area contributed by atoms with Crippen molar-refractivity contribution in [1.29, 1.82) is 0 Å². The number of hydrogen-bond acceptors (Lipinski definition) is 5. The van der Waals surface area contributed by atoms with Crippen LogP contribution in [0.15, 0.2) is 83.9 Å². The Balaban J connectivity index is 1.50. The maximum absolute atomic E-state index is 13.1. The molecule has 1 N–H and O–H groups in total. The molecule has 0 amide bonds. The van der Waals surface area contributed by atoms with Crippen LogP contribution in [0.2, 0.25) is 0 Å². The van der Waals surface area contributed by atoms with E-state index in [1.807, 2.05) is 54.6 Å². The molecule has 0 aliphatic carbocycles. The molecule has 0 radical (unpaired) electrons. The number of nitrogens with one attached hydrogen (secondary N) is 1. The van der Waals surface area contributed by atoms with Crippen LogP contribution < -0.4 is 15.8 Å². The van der Waals surface area contributed by atoms with Gasteiger partial charge in [0, 0.05) is 32.0 Å². The molecule has 2 aromatic carbocycles. The Hall–Kier alpha value is -3.67. The van der Waals surface area contributed by atoms with Gasteiger partial charge in [0.05, 0.1) is 23.8 Å². The SMILES string of the molecule is CN(CCCNc1nc2ccncc2n(Cc2ccccc2)c1=O)c1ccccc1. The number of aromatic nitrogens is 3. The molecule has 2 heterocycles. The second-order valence-corrected chi connectivity index (χ2v) is 7.24. The minimum Gasteiger partial charge on any atom is -0.375 e. The van der Waals surface area contributed by atoms with Crippen molar-refractivity contribution < 1.29 is 0 Å². The third-order valence-electron chi connectivity index (χ3n) is 5.09. The first-order valence-electron chi connectivity index (χ1n) is 10.1. The predicted octanol–water partition coefficient (Wildman–Crippen LogP) is 3.78. The molecule has 4 rings (SSSR count). The van der Waals surface area contributed by atoms with Crippen LogP contribution in [0.3, 0.4) is 0 Å². The molecule has 6 nitrogen and oxygen atoms in total. The minimum atomic E-state index is -0.129. The van der Waals surface area contributed by atoms with Crippen molar-refractivity contribution in [3.05, 3.63) is 95.0 Å². The van der Waals surface area contributed by atoms with Gasteiger partial charge in [0.25, 0.3) is 5.56 Å². The van der Waals surface area contributed by atoms with E-state index in [-0.39, 0.29) is 5.56 Å². The van der Waals surface area contributed by atoms with Gasteiger partial charge >= 0.3 is 0 Å². The average Bonchev–Trinajstić information content (AvgIpc) is 2.80. The zero-order valence-electron chi connectivity index (χ0n) is 17.0. The van der Waals surface area contributed by atoms with Crippen LogP contribution in [0.25, 0.3) is 11.0 Å². The van der Waals surface area contributed by atoms with E-state index >= 15 is 0 Å². The number of para-hydroxylation sites is 1. The molecule has 0 saturated carbocycles. The van der Waals surface area contributed by atoms with Gasteiger partial charge in [-0.25, -0.2) is 4.98 Å². The first kappa shape index (κ1) is 19.6. The van der Waals surface area contributed by atoms with Gasteiger partial charge in [-0.05, 0) is 30.2 Å². The minimum absolute atomic E-state index is 0.129. The molecule has 2 aromatic heterocycles. The molecule has 0 bridgehead atoms. The van der Waals surface area contributed by atoms with Gasteiger partial charge in [-0.2, -0.15) is 0 Å². The number of benzene rings is 2. The number of rotatable bonds is 8. The van der Waals surface area contributed by atoms with Gasteiger partial charge in [0.15, 0.2) is 5.82 Å². The van der Waals surface area contributed by atoms with Crippen molar-refractivity contribution >= 4 is 22.5 Å². The number of nitrogens with zero attached hydrogens (tertiary/aromatic N) is 4. The van der Waals surface area contributed by atoms with Gasteiger partial charge in [-0.15, -0.1) is 0 Å². The quantitative estimate of drug-likeness (QED) is 0.457. The number of hydrogen-bond donors (Lipinski definition) is 1. The van der Waals surface area contributed by atoms with Crippen LogP contribution in [0.5, 0.6) is 0 Å². The van der Waals surface area contributed by atoms with Crippen molar-refractivity contribution in [3.8, 4) is 0 Å². The molecule has 0 aliphatic rings. The Morgan fingerprint density at radius 3 is 2.50 bits per heavy atom. The summed E-state index contributed by atoms with van der Waals surface area (Å²) in [5, 5.41) is 3.25. The Morgan fingerprint density at radius 2 is 1.73 bits per heavy atom. The summed E-state index contributed by atoms with van der Waals surface area (Å²) in [5.41, 5.74) is 3.60. The second-order valence-electron chi connectivity index (χ2n) is 7.24. The van der Waals surface area contributed by atoms with Crippen LogP contribution >= 0.6 is 0 Å². The molecule has 0 aliphatic heterocycles. The maximum Gasteiger partial charge on any atom is 0.294 e. The summed E-state index contributed by atoms with van der Waals surface area (Å²) in [6.45, 7) is 2.03. The lowest BCUT2D eigenvalue weighted by Crippen LogP contribution is -2.27. The van der Waals surface area contributed by atoms with Crippen molar-refractivity contribution in [3.63, 3.8) is 0 Å². The van der Waals surface area contributed by atoms with E-state index < -0.39 is 0 Å². The van der Waals surface area contributed by atoms with Gasteiger partial charge in [-0.1, -0.05) is 48.5 Å². The van der Waals surface area contributed by atoms with Crippen molar-refractivity contribution in [2.45, 2.75) is 13.0 Å². The van der Waals surface area contributed by atoms with E-state index in [0.29, 0.717) is 18.9 Å². The lowest BCUT2D eigenvalue weighted by atomic mass is 10.2. The molecule has 4 aromatic rings. The van der Waals surface area contributed by atoms with Gasteiger partial charge in [0.2, 0.25) is 0 Å². The number of fused-ring (bicyclic) bond motifs is 1. The van der Waals surface area contributed by atoms with Crippen molar-refractivity contribution in [2.75, 3.05) is 30.4 Å². The highest BCUT2D eigenvalue weighted by Crippen LogP contribution is 2.14. The molecule has 0 saturated heterocycles. The largest absolute Gasteiger partial charge is 0.375 e. The van der Waals surface area contributed by atoms with E-state index in [2.05, 4.69) is 39.4 Å². The van der Waals surface area contributed by atoms with E-state index in [9.17, 15) is 4.79 Å². The molecule has 30 heavy (non-hydrogen) atoms.